The standard InChI is InChI=1S/C72H50BN5/c1-47-29-40-65-58(43-47)59-44-48(2)30-41-66(59)78(65)64-42-37-54(72-74-62(52-17-6-3-7-18-52)46-63(75-72)53-19-8-4-9-20-53)45-57(64)51-33-31-49(32-34-51)50-35-38-56(39-36-50)77-68-26-15-13-24-61(68)73-60-23-12-14-25-67(60)76(55-21-10-5-11-22-55)69-27-16-28-70(77)71(69)73/h3-46H,1-2H3. The Morgan fingerprint density at radius 3 is 1.32 bits per heavy atom. The number of para-hydroxylation sites is 3. The summed E-state index contributed by atoms with van der Waals surface area (Å²) in [4.78, 5) is 15.5. The fourth-order valence-electron chi connectivity index (χ4n) is 12.3. The van der Waals surface area contributed by atoms with Crippen LogP contribution in [0.25, 0.3) is 83.6 Å². The van der Waals surface area contributed by atoms with E-state index in [9.17, 15) is 0 Å². The summed E-state index contributed by atoms with van der Waals surface area (Å²) in [5, 5.41) is 2.49. The van der Waals surface area contributed by atoms with E-state index in [1.165, 1.54) is 72.1 Å². The predicted octanol–water partition coefficient (Wildman–Crippen LogP) is 16.6. The number of hydrogen-bond donors (Lipinski definition) is 0. The molecule has 15 rings (SSSR count). The topological polar surface area (TPSA) is 37.2 Å². The number of fused-ring (bicyclic) bond motifs is 7. The SMILES string of the molecule is Cc1ccc2c(c1)c1cc(C)ccc1n2-c1ccc(-c2nc(-c3ccccc3)cc(-c3ccccc3)n2)cc1-c1ccc(-c2ccc(N3c4ccccc4B4c5ccccc5N(c5ccccc5)c5cccc3c54)cc2)cc1. The van der Waals surface area contributed by atoms with Gasteiger partial charge in [0.15, 0.2) is 5.82 Å². The van der Waals surface area contributed by atoms with Crippen LogP contribution in [0.4, 0.5) is 34.1 Å². The van der Waals surface area contributed by atoms with Gasteiger partial charge in [-0.25, -0.2) is 9.97 Å². The van der Waals surface area contributed by atoms with Crippen LogP contribution in [-0.2, 0) is 0 Å². The van der Waals surface area contributed by atoms with Crippen LogP contribution in [0.15, 0.2) is 267 Å². The summed E-state index contributed by atoms with van der Waals surface area (Å²) in [6, 6.07) is 96.9. The van der Waals surface area contributed by atoms with E-state index in [1.54, 1.807) is 0 Å². The van der Waals surface area contributed by atoms with Crippen LogP contribution in [-0.4, -0.2) is 21.2 Å². The van der Waals surface area contributed by atoms with Crippen LogP contribution in [0.3, 0.4) is 0 Å². The largest absolute Gasteiger partial charge is 0.311 e. The molecule has 0 N–H and O–H groups in total. The molecule has 4 heterocycles. The molecule has 5 nitrogen and oxygen atoms in total. The molecule has 0 bridgehead atoms. The lowest BCUT2D eigenvalue weighted by Crippen LogP contribution is -2.61. The second-order valence-corrected chi connectivity index (χ2v) is 20.7. The Morgan fingerprint density at radius 2 is 0.769 bits per heavy atom. The van der Waals surface area contributed by atoms with Crippen molar-refractivity contribution in [3.8, 4) is 61.8 Å². The van der Waals surface area contributed by atoms with Crippen molar-refractivity contribution in [2.75, 3.05) is 9.80 Å². The molecule has 2 aliphatic heterocycles. The Bertz CT molecular complexity index is 4340. The molecule has 11 aromatic carbocycles. The Kier molecular flexibility index (Phi) is 10.7. The first-order chi connectivity index (χ1) is 38.5. The van der Waals surface area contributed by atoms with Crippen molar-refractivity contribution in [1.82, 2.24) is 14.5 Å². The zero-order valence-corrected chi connectivity index (χ0v) is 43.2. The van der Waals surface area contributed by atoms with Crippen LogP contribution in [0, 0.1) is 13.8 Å². The van der Waals surface area contributed by atoms with E-state index in [4.69, 9.17) is 9.97 Å². The molecule has 0 saturated heterocycles. The molecule has 0 fully saturated rings. The minimum Gasteiger partial charge on any atom is -0.311 e. The number of hydrogen-bond acceptors (Lipinski definition) is 4. The lowest BCUT2D eigenvalue weighted by molar-refractivity contribution is 1.16. The molecular formula is C72H50BN5. The summed E-state index contributed by atoms with van der Waals surface area (Å²) >= 11 is 0. The highest BCUT2D eigenvalue weighted by atomic mass is 15.2. The Morgan fingerprint density at radius 1 is 0.321 bits per heavy atom. The number of nitrogens with zero attached hydrogens (tertiary/aromatic N) is 5. The third-order valence-electron chi connectivity index (χ3n) is 15.9. The van der Waals surface area contributed by atoms with Gasteiger partial charge in [0.1, 0.15) is 0 Å². The summed E-state index contributed by atoms with van der Waals surface area (Å²) in [5.74, 6) is 0.675. The maximum atomic E-state index is 5.28. The third-order valence-corrected chi connectivity index (χ3v) is 15.9. The second kappa shape index (κ2) is 18.4. The van der Waals surface area contributed by atoms with Gasteiger partial charge in [0.2, 0.25) is 0 Å². The molecule has 2 aromatic heterocycles. The van der Waals surface area contributed by atoms with Gasteiger partial charge in [-0.1, -0.05) is 181 Å². The molecule has 13 aromatic rings. The minimum absolute atomic E-state index is 0.0981. The Balaban J connectivity index is 0.843. The zero-order valence-electron chi connectivity index (χ0n) is 43.2. The van der Waals surface area contributed by atoms with Crippen molar-refractivity contribution in [3.05, 3.63) is 278 Å². The molecule has 366 valence electrons. The number of anilines is 6. The van der Waals surface area contributed by atoms with E-state index in [2.05, 4.69) is 283 Å². The summed E-state index contributed by atoms with van der Waals surface area (Å²) < 4.78 is 2.44. The van der Waals surface area contributed by atoms with Crippen LogP contribution in [0.1, 0.15) is 11.1 Å². The summed E-state index contributed by atoms with van der Waals surface area (Å²) in [7, 11) is 0. The number of benzene rings is 11. The lowest BCUT2D eigenvalue weighted by atomic mass is 9.33. The van der Waals surface area contributed by atoms with Crippen molar-refractivity contribution in [1.29, 1.82) is 0 Å². The monoisotopic (exact) mass is 995 g/mol. The molecule has 6 heteroatoms. The van der Waals surface area contributed by atoms with Gasteiger partial charge < -0.3 is 14.4 Å². The molecule has 2 aliphatic rings. The van der Waals surface area contributed by atoms with Crippen molar-refractivity contribution < 1.29 is 0 Å². The van der Waals surface area contributed by atoms with E-state index in [-0.39, 0.29) is 6.71 Å². The Hall–Kier alpha value is -10.0. The smallest absolute Gasteiger partial charge is 0.252 e. The van der Waals surface area contributed by atoms with Gasteiger partial charge in [-0.05, 0) is 144 Å². The lowest BCUT2D eigenvalue weighted by Gasteiger charge is -2.44. The van der Waals surface area contributed by atoms with Gasteiger partial charge in [-0.3, -0.25) is 0 Å². The third kappa shape index (κ3) is 7.48. The van der Waals surface area contributed by atoms with Gasteiger partial charge in [-0.2, -0.15) is 0 Å². The summed E-state index contributed by atoms with van der Waals surface area (Å²) in [5.41, 5.74) is 26.2. The van der Waals surface area contributed by atoms with Gasteiger partial charge in [0, 0.05) is 67.2 Å². The number of aryl methyl sites for hydroxylation is 2. The first-order valence-corrected chi connectivity index (χ1v) is 26.8. The van der Waals surface area contributed by atoms with Gasteiger partial charge >= 0.3 is 0 Å². The Labute approximate surface area is 454 Å². The van der Waals surface area contributed by atoms with Crippen LogP contribution in [0.2, 0.25) is 0 Å². The highest BCUT2D eigenvalue weighted by Crippen LogP contribution is 2.45. The highest BCUT2D eigenvalue weighted by molar-refractivity contribution is 7.00. The van der Waals surface area contributed by atoms with E-state index in [0.29, 0.717) is 5.82 Å². The van der Waals surface area contributed by atoms with E-state index < -0.39 is 0 Å². The van der Waals surface area contributed by atoms with Crippen molar-refractivity contribution in [3.63, 3.8) is 0 Å². The van der Waals surface area contributed by atoms with Crippen molar-refractivity contribution in [2.24, 2.45) is 0 Å². The average molecular weight is 996 g/mol. The molecule has 78 heavy (non-hydrogen) atoms. The van der Waals surface area contributed by atoms with Crippen molar-refractivity contribution >= 4 is 79.0 Å². The van der Waals surface area contributed by atoms with E-state index in [1.807, 2.05) is 12.1 Å². The first kappa shape index (κ1) is 45.4. The van der Waals surface area contributed by atoms with Crippen LogP contribution < -0.4 is 26.2 Å². The fourth-order valence-corrected chi connectivity index (χ4v) is 12.3. The van der Waals surface area contributed by atoms with Gasteiger partial charge in [-0.15, -0.1) is 0 Å². The molecule has 0 radical (unpaired) electrons. The van der Waals surface area contributed by atoms with E-state index >= 15 is 0 Å². The molecule has 0 aliphatic carbocycles. The number of rotatable bonds is 8. The minimum atomic E-state index is 0.0981. The van der Waals surface area contributed by atoms with Crippen LogP contribution in [0.5, 0.6) is 0 Å². The molecule has 0 saturated carbocycles. The number of aromatic nitrogens is 3. The molecule has 0 unspecified atom stereocenters. The highest BCUT2D eigenvalue weighted by Gasteiger charge is 2.42. The predicted molar refractivity (Wildman–Crippen MR) is 327 cm³/mol. The fraction of sp³-hybridized carbons (Fsp3) is 0.0278. The summed E-state index contributed by atoms with van der Waals surface area (Å²) in [6.07, 6.45) is 0. The maximum Gasteiger partial charge on any atom is 0.252 e. The van der Waals surface area contributed by atoms with Crippen LogP contribution >= 0.6 is 0 Å². The molecule has 0 atom stereocenters. The average Bonchev–Trinajstić information content (AvgIpc) is 3.93. The molecule has 0 spiro atoms. The second-order valence-electron chi connectivity index (χ2n) is 20.7. The summed E-state index contributed by atoms with van der Waals surface area (Å²) in [6.45, 7) is 4.45. The molecule has 0 amide bonds. The van der Waals surface area contributed by atoms with Gasteiger partial charge in [0.05, 0.1) is 28.1 Å². The zero-order chi connectivity index (χ0) is 51.8. The van der Waals surface area contributed by atoms with E-state index in [0.717, 1.165) is 67.4 Å². The normalized spacial score (nSPS) is 12.4. The first-order valence-electron chi connectivity index (χ1n) is 26.8. The molecular weight excluding hydrogens is 946 g/mol. The van der Waals surface area contributed by atoms with Crippen molar-refractivity contribution in [2.45, 2.75) is 13.8 Å². The quantitative estimate of drug-likeness (QED) is 0.142. The maximum absolute atomic E-state index is 5.28. The van der Waals surface area contributed by atoms with Gasteiger partial charge in [0.25, 0.3) is 6.71 Å².